The van der Waals surface area contributed by atoms with Gasteiger partial charge in [0.1, 0.15) is 0 Å². The van der Waals surface area contributed by atoms with Crippen molar-refractivity contribution in [1.29, 1.82) is 0 Å². The van der Waals surface area contributed by atoms with Gasteiger partial charge in [0.05, 0.1) is 5.92 Å². The average molecular weight is 288 g/mol. The molecule has 2 aromatic rings. The number of carbonyl (C=O) groups is 1. The zero-order chi connectivity index (χ0) is 14.4. The Morgan fingerprint density at radius 3 is 2.55 bits per heavy atom. The van der Waals surface area contributed by atoms with Crippen molar-refractivity contribution in [2.45, 2.75) is 25.8 Å². The Hall–Kier alpha value is -1.80. The quantitative estimate of drug-likeness (QED) is 0.879. The van der Waals surface area contributed by atoms with Gasteiger partial charge in [-0.25, -0.2) is 0 Å². The lowest BCUT2D eigenvalue weighted by Gasteiger charge is -2.15. The Bertz CT molecular complexity index is 568. The topological polar surface area (TPSA) is 29.1 Å². The number of benzene rings is 2. The third-order valence-electron chi connectivity index (χ3n) is 3.28. The van der Waals surface area contributed by atoms with Crippen LogP contribution in [-0.2, 0) is 11.3 Å². The van der Waals surface area contributed by atoms with Crippen LogP contribution in [0.3, 0.4) is 0 Å². The van der Waals surface area contributed by atoms with Gasteiger partial charge in [-0.2, -0.15) is 0 Å². The average Bonchev–Trinajstić information content (AvgIpc) is 2.47. The van der Waals surface area contributed by atoms with Crippen LogP contribution in [0.5, 0.6) is 0 Å². The first-order chi connectivity index (χ1) is 9.70. The van der Waals surface area contributed by atoms with E-state index in [9.17, 15) is 4.79 Å². The van der Waals surface area contributed by atoms with Crippen molar-refractivity contribution in [2.24, 2.45) is 0 Å². The zero-order valence-corrected chi connectivity index (χ0v) is 12.2. The summed E-state index contributed by atoms with van der Waals surface area (Å²) in [6.45, 7) is 2.53. The van der Waals surface area contributed by atoms with Crippen molar-refractivity contribution in [3.05, 3.63) is 70.7 Å². The summed E-state index contributed by atoms with van der Waals surface area (Å²) in [4.78, 5) is 12.3. The number of rotatable bonds is 5. The fourth-order valence-electron chi connectivity index (χ4n) is 2.22. The summed E-state index contributed by atoms with van der Waals surface area (Å²) < 4.78 is 0. The van der Waals surface area contributed by atoms with E-state index < -0.39 is 0 Å². The second-order valence-electron chi connectivity index (χ2n) is 4.72. The molecule has 0 aliphatic heterocycles. The molecule has 0 heterocycles. The maximum atomic E-state index is 12.3. The maximum absolute atomic E-state index is 12.3. The summed E-state index contributed by atoms with van der Waals surface area (Å²) in [7, 11) is 0. The molecule has 2 nitrogen and oxygen atoms in total. The molecule has 0 saturated heterocycles. The lowest BCUT2D eigenvalue weighted by atomic mass is 9.95. The minimum atomic E-state index is -0.101. The number of hydrogen-bond donors (Lipinski definition) is 1. The molecule has 2 rings (SSSR count). The van der Waals surface area contributed by atoms with E-state index in [1.807, 2.05) is 61.5 Å². The van der Waals surface area contributed by atoms with Crippen molar-refractivity contribution in [2.75, 3.05) is 0 Å². The number of amides is 1. The van der Waals surface area contributed by atoms with Crippen LogP contribution in [0.15, 0.2) is 54.6 Å². The van der Waals surface area contributed by atoms with Gasteiger partial charge in [-0.05, 0) is 29.7 Å². The van der Waals surface area contributed by atoms with E-state index in [4.69, 9.17) is 11.6 Å². The monoisotopic (exact) mass is 287 g/mol. The molecular formula is C17H18ClNO. The third-order valence-corrected chi connectivity index (χ3v) is 3.52. The highest BCUT2D eigenvalue weighted by Crippen LogP contribution is 2.19. The molecular weight excluding hydrogens is 270 g/mol. The summed E-state index contributed by atoms with van der Waals surface area (Å²) in [6.07, 6.45) is 0.783. The predicted octanol–water partition coefficient (Wildman–Crippen LogP) is 4.15. The Labute approximate surface area is 124 Å². The minimum absolute atomic E-state index is 0.0543. The SMILES string of the molecule is CC[C@@H](C(=O)NCc1cccc(Cl)c1)c1ccccc1. The lowest BCUT2D eigenvalue weighted by molar-refractivity contribution is -0.122. The molecule has 3 heteroatoms. The lowest BCUT2D eigenvalue weighted by Crippen LogP contribution is -2.28. The maximum Gasteiger partial charge on any atom is 0.227 e. The molecule has 0 bridgehead atoms. The van der Waals surface area contributed by atoms with E-state index in [2.05, 4.69) is 5.32 Å². The van der Waals surface area contributed by atoms with Crippen LogP contribution in [-0.4, -0.2) is 5.91 Å². The molecule has 1 atom stereocenters. The first-order valence-corrected chi connectivity index (χ1v) is 7.15. The number of nitrogens with one attached hydrogen (secondary N) is 1. The van der Waals surface area contributed by atoms with Crippen LogP contribution < -0.4 is 5.32 Å². The molecule has 0 saturated carbocycles. The molecule has 1 N–H and O–H groups in total. The highest BCUT2D eigenvalue weighted by molar-refractivity contribution is 6.30. The highest BCUT2D eigenvalue weighted by atomic mass is 35.5. The van der Waals surface area contributed by atoms with Gasteiger partial charge in [-0.1, -0.05) is 61.0 Å². The summed E-state index contributed by atoms with van der Waals surface area (Å²) >= 11 is 5.93. The Morgan fingerprint density at radius 2 is 1.90 bits per heavy atom. The van der Waals surface area contributed by atoms with Gasteiger partial charge in [-0.3, -0.25) is 4.79 Å². The third kappa shape index (κ3) is 3.84. The smallest absolute Gasteiger partial charge is 0.227 e. The number of carbonyl (C=O) groups excluding carboxylic acids is 1. The first kappa shape index (κ1) is 14.6. The molecule has 0 aromatic heterocycles. The van der Waals surface area contributed by atoms with Crippen LogP contribution in [0.2, 0.25) is 5.02 Å². The molecule has 0 fully saturated rings. The molecule has 20 heavy (non-hydrogen) atoms. The second kappa shape index (κ2) is 7.11. The number of halogens is 1. The van der Waals surface area contributed by atoms with Crippen LogP contribution in [0, 0.1) is 0 Å². The van der Waals surface area contributed by atoms with Gasteiger partial charge in [0.25, 0.3) is 0 Å². The molecule has 0 aliphatic carbocycles. The normalized spacial score (nSPS) is 11.9. The van der Waals surface area contributed by atoms with Crippen molar-refractivity contribution in [3.8, 4) is 0 Å². The van der Waals surface area contributed by atoms with E-state index in [1.54, 1.807) is 0 Å². The molecule has 0 aliphatic rings. The molecule has 104 valence electrons. The summed E-state index contributed by atoms with van der Waals surface area (Å²) in [5.41, 5.74) is 2.06. The van der Waals surface area contributed by atoms with Gasteiger partial charge < -0.3 is 5.32 Å². The molecule has 0 spiro atoms. The summed E-state index contributed by atoms with van der Waals surface area (Å²) in [5, 5.41) is 3.66. The molecule has 0 unspecified atom stereocenters. The van der Waals surface area contributed by atoms with E-state index in [-0.39, 0.29) is 11.8 Å². The van der Waals surface area contributed by atoms with Gasteiger partial charge in [0, 0.05) is 11.6 Å². The summed E-state index contributed by atoms with van der Waals surface area (Å²) in [6, 6.07) is 17.4. The van der Waals surface area contributed by atoms with Gasteiger partial charge in [-0.15, -0.1) is 0 Å². The molecule has 0 radical (unpaired) electrons. The van der Waals surface area contributed by atoms with Gasteiger partial charge >= 0.3 is 0 Å². The van der Waals surface area contributed by atoms with Crippen molar-refractivity contribution >= 4 is 17.5 Å². The van der Waals surface area contributed by atoms with E-state index in [1.165, 1.54) is 0 Å². The van der Waals surface area contributed by atoms with Crippen LogP contribution in [0.1, 0.15) is 30.4 Å². The van der Waals surface area contributed by atoms with Crippen LogP contribution in [0.4, 0.5) is 0 Å². The van der Waals surface area contributed by atoms with Gasteiger partial charge in [0.15, 0.2) is 0 Å². The fourth-order valence-corrected chi connectivity index (χ4v) is 2.43. The molecule has 2 aromatic carbocycles. The van der Waals surface area contributed by atoms with Crippen molar-refractivity contribution in [3.63, 3.8) is 0 Å². The Balaban J connectivity index is 2.00. The van der Waals surface area contributed by atoms with Crippen LogP contribution >= 0.6 is 11.6 Å². The highest BCUT2D eigenvalue weighted by Gasteiger charge is 2.17. The largest absolute Gasteiger partial charge is 0.351 e. The number of hydrogen-bond acceptors (Lipinski definition) is 1. The van der Waals surface area contributed by atoms with Crippen molar-refractivity contribution in [1.82, 2.24) is 5.32 Å². The summed E-state index contributed by atoms with van der Waals surface area (Å²) in [5.74, 6) is -0.0472. The zero-order valence-electron chi connectivity index (χ0n) is 11.5. The minimum Gasteiger partial charge on any atom is -0.351 e. The Morgan fingerprint density at radius 1 is 1.15 bits per heavy atom. The standard InChI is InChI=1S/C17H18ClNO/c1-2-16(14-8-4-3-5-9-14)17(20)19-12-13-7-6-10-15(18)11-13/h3-11,16H,2,12H2,1H3,(H,19,20)/t16-/m1/s1. The predicted molar refractivity (Wildman–Crippen MR) is 82.8 cm³/mol. The van der Waals surface area contributed by atoms with Crippen molar-refractivity contribution < 1.29 is 4.79 Å². The second-order valence-corrected chi connectivity index (χ2v) is 5.16. The fraction of sp³-hybridized carbons (Fsp3) is 0.235. The van der Waals surface area contributed by atoms with E-state index >= 15 is 0 Å². The van der Waals surface area contributed by atoms with Crippen LogP contribution in [0.25, 0.3) is 0 Å². The van der Waals surface area contributed by atoms with E-state index in [0.29, 0.717) is 11.6 Å². The molecule has 1 amide bonds. The van der Waals surface area contributed by atoms with E-state index in [0.717, 1.165) is 17.5 Å². The Kier molecular flexibility index (Phi) is 5.19. The van der Waals surface area contributed by atoms with Gasteiger partial charge in [0.2, 0.25) is 5.91 Å². The first-order valence-electron chi connectivity index (χ1n) is 6.77.